The van der Waals surface area contributed by atoms with E-state index >= 15 is 0 Å². The summed E-state index contributed by atoms with van der Waals surface area (Å²) in [5.41, 5.74) is 1.48. The number of benzene rings is 1. The molecule has 0 radical (unpaired) electrons. The Balaban J connectivity index is 1.98. The number of nitrogens with one attached hydrogen (secondary N) is 1. The van der Waals surface area contributed by atoms with Gasteiger partial charge in [0.15, 0.2) is 0 Å². The molecular formula is C13H15N3O2. The summed E-state index contributed by atoms with van der Waals surface area (Å²) in [5, 5.41) is 3.24. The van der Waals surface area contributed by atoms with Gasteiger partial charge < -0.3 is 14.6 Å². The number of nitrogens with zero attached hydrogens (tertiary/aromatic N) is 2. The lowest BCUT2D eigenvalue weighted by atomic mass is 10.2. The van der Waals surface area contributed by atoms with Crippen molar-refractivity contribution in [2.75, 3.05) is 12.4 Å². The maximum absolute atomic E-state index is 11.3. The largest absolute Gasteiger partial charge is 0.465 e. The molecule has 0 bridgehead atoms. The van der Waals surface area contributed by atoms with Crippen LogP contribution >= 0.6 is 0 Å². The first-order valence-electron chi connectivity index (χ1n) is 5.59. The normalized spacial score (nSPS) is 10.1. The zero-order valence-electron chi connectivity index (χ0n) is 10.4. The maximum Gasteiger partial charge on any atom is 0.337 e. The van der Waals surface area contributed by atoms with Crippen molar-refractivity contribution in [1.29, 1.82) is 0 Å². The highest BCUT2D eigenvalue weighted by Crippen LogP contribution is 2.11. The Labute approximate surface area is 105 Å². The summed E-state index contributed by atoms with van der Waals surface area (Å²) in [6.45, 7) is 0.640. The highest BCUT2D eigenvalue weighted by atomic mass is 16.5. The van der Waals surface area contributed by atoms with Crippen LogP contribution in [0.4, 0.5) is 5.69 Å². The second kappa shape index (κ2) is 5.35. The van der Waals surface area contributed by atoms with E-state index in [1.807, 2.05) is 29.9 Å². The zero-order chi connectivity index (χ0) is 13.0. The fourth-order valence-electron chi connectivity index (χ4n) is 1.59. The molecule has 0 atom stereocenters. The highest BCUT2D eigenvalue weighted by Gasteiger charge is 2.04. The first-order valence-corrected chi connectivity index (χ1v) is 5.59. The van der Waals surface area contributed by atoms with E-state index in [0.717, 1.165) is 11.5 Å². The van der Waals surface area contributed by atoms with Crippen LogP contribution in [-0.2, 0) is 18.3 Å². The van der Waals surface area contributed by atoms with E-state index in [-0.39, 0.29) is 5.97 Å². The van der Waals surface area contributed by atoms with Crippen molar-refractivity contribution in [3.63, 3.8) is 0 Å². The summed E-state index contributed by atoms with van der Waals surface area (Å²) >= 11 is 0. The molecule has 1 aromatic heterocycles. The highest BCUT2D eigenvalue weighted by molar-refractivity contribution is 5.89. The standard InChI is InChI=1S/C13H15N3O2/c1-16-8-7-14-12(16)9-15-11-5-3-10(4-6-11)13(17)18-2/h3-8,15H,9H2,1-2H3. The van der Waals surface area contributed by atoms with Gasteiger partial charge in [-0.1, -0.05) is 0 Å². The van der Waals surface area contributed by atoms with Crippen LogP contribution in [0.3, 0.4) is 0 Å². The number of aromatic nitrogens is 2. The lowest BCUT2D eigenvalue weighted by Gasteiger charge is -2.07. The molecule has 0 unspecified atom stereocenters. The first kappa shape index (κ1) is 12.2. The van der Waals surface area contributed by atoms with Crippen LogP contribution in [-0.4, -0.2) is 22.6 Å². The molecule has 0 amide bonds. The van der Waals surface area contributed by atoms with Gasteiger partial charge in [-0.3, -0.25) is 0 Å². The van der Waals surface area contributed by atoms with Gasteiger partial charge in [-0.2, -0.15) is 0 Å². The van der Waals surface area contributed by atoms with E-state index in [9.17, 15) is 4.79 Å². The maximum atomic E-state index is 11.3. The summed E-state index contributed by atoms with van der Waals surface area (Å²) in [7, 11) is 3.32. The number of ether oxygens (including phenoxy) is 1. The van der Waals surface area contributed by atoms with Crippen LogP contribution < -0.4 is 5.32 Å². The number of anilines is 1. The average molecular weight is 245 g/mol. The summed E-state index contributed by atoms with van der Waals surface area (Å²) < 4.78 is 6.59. The minimum Gasteiger partial charge on any atom is -0.465 e. The molecule has 1 N–H and O–H groups in total. The zero-order valence-corrected chi connectivity index (χ0v) is 10.4. The third kappa shape index (κ3) is 2.68. The third-order valence-electron chi connectivity index (χ3n) is 2.68. The van der Waals surface area contributed by atoms with Gasteiger partial charge in [0, 0.05) is 25.1 Å². The number of hydrogen-bond acceptors (Lipinski definition) is 4. The van der Waals surface area contributed by atoms with E-state index in [2.05, 4.69) is 15.0 Å². The van der Waals surface area contributed by atoms with Gasteiger partial charge in [0.05, 0.1) is 19.2 Å². The van der Waals surface area contributed by atoms with Crippen LogP contribution in [0.2, 0.25) is 0 Å². The van der Waals surface area contributed by atoms with Crippen molar-refractivity contribution in [3.8, 4) is 0 Å². The fourth-order valence-corrected chi connectivity index (χ4v) is 1.59. The Kier molecular flexibility index (Phi) is 3.62. The van der Waals surface area contributed by atoms with Gasteiger partial charge in [-0.25, -0.2) is 9.78 Å². The van der Waals surface area contributed by atoms with Crippen molar-refractivity contribution < 1.29 is 9.53 Å². The second-order valence-corrected chi connectivity index (χ2v) is 3.88. The molecule has 0 saturated heterocycles. The molecule has 5 nitrogen and oxygen atoms in total. The number of hydrogen-bond donors (Lipinski definition) is 1. The molecule has 2 rings (SSSR count). The fraction of sp³-hybridized carbons (Fsp3) is 0.231. The predicted molar refractivity (Wildman–Crippen MR) is 68.3 cm³/mol. The van der Waals surface area contributed by atoms with Crippen molar-refractivity contribution >= 4 is 11.7 Å². The first-order chi connectivity index (χ1) is 8.70. The predicted octanol–water partition coefficient (Wildman–Crippen LogP) is 1.82. The van der Waals surface area contributed by atoms with Crippen LogP contribution in [0.15, 0.2) is 36.7 Å². The number of carbonyl (C=O) groups excluding carboxylic acids is 1. The van der Waals surface area contributed by atoms with Crippen molar-refractivity contribution in [3.05, 3.63) is 48.0 Å². The van der Waals surface area contributed by atoms with Crippen LogP contribution in [0, 0.1) is 0 Å². The average Bonchev–Trinajstić information content (AvgIpc) is 2.81. The van der Waals surface area contributed by atoms with Crippen LogP contribution in [0.5, 0.6) is 0 Å². The van der Waals surface area contributed by atoms with Crippen molar-refractivity contribution in [2.45, 2.75) is 6.54 Å². The van der Waals surface area contributed by atoms with Crippen LogP contribution in [0.1, 0.15) is 16.2 Å². The van der Waals surface area contributed by atoms with E-state index in [1.54, 1.807) is 18.3 Å². The Morgan fingerprint density at radius 1 is 1.39 bits per heavy atom. The Hall–Kier alpha value is -2.30. The summed E-state index contributed by atoms with van der Waals surface area (Å²) in [6.07, 6.45) is 3.66. The molecule has 0 fully saturated rings. The monoisotopic (exact) mass is 245 g/mol. The number of rotatable bonds is 4. The van der Waals surface area contributed by atoms with E-state index in [0.29, 0.717) is 12.1 Å². The molecule has 94 valence electrons. The molecule has 0 aliphatic rings. The Morgan fingerprint density at radius 3 is 2.67 bits per heavy atom. The van der Waals surface area contributed by atoms with Crippen molar-refractivity contribution in [1.82, 2.24) is 9.55 Å². The van der Waals surface area contributed by atoms with Gasteiger partial charge in [-0.15, -0.1) is 0 Å². The second-order valence-electron chi connectivity index (χ2n) is 3.88. The molecule has 1 heterocycles. The Bertz CT molecular complexity index is 531. The molecule has 0 aliphatic heterocycles. The number of methoxy groups -OCH3 is 1. The number of aryl methyl sites for hydroxylation is 1. The van der Waals surface area contributed by atoms with Crippen molar-refractivity contribution in [2.24, 2.45) is 7.05 Å². The smallest absolute Gasteiger partial charge is 0.337 e. The number of esters is 1. The van der Waals surface area contributed by atoms with Gasteiger partial charge in [0.2, 0.25) is 0 Å². The molecule has 1 aromatic carbocycles. The van der Waals surface area contributed by atoms with Gasteiger partial charge >= 0.3 is 5.97 Å². The van der Waals surface area contributed by atoms with Gasteiger partial charge in [0.25, 0.3) is 0 Å². The molecule has 0 aliphatic carbocycles. The molecule has 2 aromatic rings. The SMILES string of the molecule is COC(=O)c1ccc(NCc2nccn2C)cc1. The van der Waals surface area contributed by atoms with Crippen LogP contribution in [0.25, 0.3) is 0 Å². The minimum atomic E-state index is -0.328. The number of carbonyl (C=O) groups is 1. The lowest BCUT2D eigenvalue weighted by Crippen LogP contribution is -2.06. The molecular weight excluding hydrogens is 230 g/mol. The minimum absolute atomic E-state index is 0.328. The summed E-state index contributed by atoms with van der Waals surface area (Å²) in [5.74, 6) is 0.623. The lowest BCUT2D eigenvalue weighted by molar-refractivity contribution is 0.0601. The van der Waals surface area contributed by atoms with Gasteiger partial charge in [0.1, 0.15) is 5.82 Å². The number of imidazole rings is 1. The summed E-state index contributed by atoms with van der Waals surface area (Å²) in [4.78, 5) is 15.5. The van der Waals surface area contributed by atoms with E-state index in [4.69, 9.17) is 0 Å². The third-order valence-corrected chi connectivity index (χ3v) is 2.68. The molecule has 5 heteroatoms. The molecule has 0 spiro atoms. The Morgan fingerprint density at radius 2 is 2.11 bits per heavy atom. The van der Waals surface area contributed by atoms with E-state index < -0.39 is 0 Å². The topological polar surface area (TPSA) is 56.1 Å². The quantitative estimate of drug-likeness (QED) is 0.835. The molecule has 0 saturated carbocycles. The van der Waals surface area contributed by atoms with E-state index in [1.165, 1.54) is 7.11 Å². The molecule has 18 heavy (non-hydrogen) atoms. The van der Waals surface area contributed by atoms with Gasteiger partial charge in [-0.05, 0) is 24.3 Å². The summed E-state index contributed by atoms with van der Waals surface area (Å²) in [6, 6.07) is 7.14.